The van der Waals surface area contributed by atoms with Gasteiger partial charge in [0.2, 0.25) is 0 Å². The maximum absolute atomic E-state index is 12.4. The minimum atomic E-state index is -4.39. The summed E-state index contributed by atoms with van der Waals surface area (Å²) in [5, 5.41) is 10.3. The lowest BCUT2D eigenvalue weighted by molar-refractivity contribution is -0.137. The molecule has 2 nitrogen and oxygen atoms in total. The molecule has 1 atom stereocenters. The Kier molecular flexibility index (Phi) is 4.75. The predicted octanol–water partition coefficient (Wildman–Crippen LogP) is 4.47. The topological polar surface area (TPSA) is 29.5 Å². The zero-order chi connectivity index (χ0) is 15.5. The van der Waals surface area contributed by atoms with Crippen LogP contribution in [0, 0.1) is 0 Å². The van der Waals surface area contributed by atoms with Crippen LogP contribution in [0.1, 0.15) is 17.2 Å². The fourth-order valence-electron chi connectivity index (χ4n) is 1.72. The first-order valence-corrected chi connectivity index (χ1v) is 6.48. The third-order valence-electron chi connectivity index (χ3n) is 2.86. The van der Waals surface area contributed by atoms with Gasteiger partial charge in [-0.15, -0.1) is 0 Å². The van der Waals surface area contributed by atoms with Gasteiger partial charge in [0.05, 0.1) is 10.6 Å². The van der Waals surface area contributed by atoms with Crippen LogP contribution in [-0.4, -0.2) is 11.7 Å². The third kappa shape index (κ3) is 4.12. The lowest BCUT2D eigenvalue weighted by Gasteiger charge is -2.14. The van der Waals surface area contributed by atoms with E-state index in [2.05, 4.69) is 0 Å². The zero-order valence-corrected chi connectivity index (χ0v) is 11.5. The van der Waals surface area contributed by atoms with Gasteiger partial charge in [-0.2, -0.15) is 13.2 Å². The molecule has 0 aliphatic carbocycles. The Morgan fingerprint density at radius 2 is 1.67 bits per heavy atom. The smallest absolute Gasteiger partial charge is 0.416 e. The minimum Gasteiger partial charge on any atom is -0.489 e. The van der Waals surface area contributed by atoms with Crippen molar-refractivity contribution in [3.63, 3.8) is 0 Å². The van der Waals surface area contributed by atoms with Gasteiger partial charge in [-0.25, -0.2) is 0 Å². The van der Waals surface area contributed by atoms with Crippen molar-refractivity contribution in [2.45, 2.75) is 12.3 Å². The van der Waals surface area contributed by atoms with Crippen molar-refractivity contribution in [1.82, 2.24) is 0 Å². The fraction of sp³-hybridized carbons (Fsp3) is 0.200. The summed E-state index contributed by atoms with van der Waals surface area (Å²) in [4.78, 5) is 0. The van der Waals surface area contributed by atoms with Gasteiger partial charge >= 0.3 is 6.18 Å². The van der Waals surface area contributed by atoms with Gasteiger partial charge < -0.3 is 9.84 Å². The van der Waals surface area contributed by atoms with Gasteiger partial charge in [0.1, 0.15) is 18.5 Å². The molecule has 0 saturated heterocycles. The highest BCUT2D eigenvalue weighted by molar-refractivity contribution is 6.32. The molecule has 112 valence electrons. The van der Waals surface area contributed by atoms with Gasteiger partial charge in [0.25, 0.3) is 0 Å². The summed E-state index contributed by atoms with van der Waals surface area (Å²) in [6, 6.07) is 11.0. The van der Waals surface area contributed by atoms with Crippen LogP contribution >= 0.6 is 11.6 Å². The Bertz CT molecular complexity index is 597. The Morgan fingerprint density at radius 1 is 1.05 bits per heavy atom. The van der Waals surface area contributed by atoms with Gasteiger partial charge in [-0.3, -0.25) is 0 Å². The average molecular weight is 317 g/mol. The molecule has 0 aromatic heterocycles. The molecular formula is C15H12ClF3O2. The maximum Gasteiger partial charge on any atom is 0.416 e. The molecule has 0 radical (unpaired) electrons. The highest BCUT2D eigenvalue weighted by Gasteiger charge is 2.30. The van der Waals surface area contributed by atoms with Gasteiger partial charge in [-0.05, 0) is 29.8 Å². The van der Waals surface area contributed by atoms with Crippen molar-refractivity contribution in [1.29, 1.82) is 0 Å². The van der Waals surface area contributed by atoms with Crippen LogP contribution in [-0.2, 0) is 6.18 Å². The predicted molar refractivity (Wildman–Crippen MR) is 73.4 cm³/mol. The normalized spacial score (nSPS) is 13.0. The molecule has 2 rings (SSSR count). The van der Waals surface area contributed by atoms with Crippen LogP contribution in [0.5, 0.6) is 5.75 Å². The third-order valence-corrected chi connectivity index (χ3v) is 3.17. The SMILES string of the molecule is OC(COc1ccccc1Cl)c1ccc(C(F)(F)F)cc1. The lowest BCUT2D eigenvalue weighted by Crippen LogP contribution is -2.11. The molecule has 2 aromatic carbocycles. The molecule has 1 N–H and O–H groups in total. The molecule has 6 heteroatoms. The second-order valence-corrected chi connectivity index (χ2v) is 4.78. The molecule has 21 heavy (non-hydrogen) atoms. The van der Waals surface area contributed by atoms with E-state index in [1.807, 2.05) is 0 Å². The highest BCUT2D eigenvalue weighted by atomic mass is 35.5. The summed E-state index contributed by atoms with van der Waals surface area (Å²) in [5.41, 5.74) is -0.416. The number of aliphatic hydroxyl groups is 1. The Balaban J connectivity index is 2.01. The second-order valence-electron chi connectivity index (χ2n) is 4.38. The molecule has 0 heterocycles. The summed E-state index contributed by atoms with van der Waals surface area (Å²) in [5.74, 6) is 0.408. The molecular weight excluding hydrogens is 305 g/mol. The van der Waals surface area contributed by atoms with Crippen LogP contribution < -0.4 is 4.74 Å². The maximum atomic E-state index is 12.4. The van der Waals surface area contributed by atoms with Gasteiger partial charge in [0.15, 0.2) is 0 Å². The zero-order valence-electron chi connectivity index (χ0n) is 10.8. The number of aliphatic hydroxyl groups excluding tert-OH is 1. The van der Waals surface area contributed by atoms with Gasteiger partial charge in [0, 0.05) is 0 Å². The van der Waals surface area contributed by atoms with Crippen molar-refractivity contribution in [2.24, 2.45) is 0 Å². The van der Waals surface area contributed by atoms with Crippen LogP contribution in [0.3, 0.4) is 0 Å². The van der Waals surface area contributed by atoms with Crippen LogP contribution in [0.25, 0.3) is 0 Å². The van der Waals surface area contributed by atoms with Crippen molar-refractivity contribution in [3.8, 4) is 5.75 Å². The molecule has 0 aliphatic heterocycles. The summed E-state index contributed by atoms with van der Waals surface area (Å²) < 4.78 is 42.6. The number of hydrogen-bond donors (Lipinski definition) is 1. The highest BCUT2D eigenvalue weighted by Crippen LogP contribution is 2.30. The Hall–Kier alpha value is -1.72. The minimum absolute atomic E-state index is 0.102. The molecule has 2 aromatic rings. The van der Waals surface area contributed by atoms with E-state index < -0.39 is 17.8 Å². The molecule has 0 amide bonds. The number of alkyl halides is 3. The summed E-state index contributed by atoms with van der Waals surface area (Å²) >= 11 is 5.89. The van der Waals surface area contributed by atoms with E-state index in [9.17, 15) is 18.3 Å². The molecule has 0 aliphatic rings. The van der Waals surface area contributed by atoms with Crippen LogP contribution in [0.15, 0.2) is 48.5 Å². The van der Waals surface area contributed by atoms with Crippen LogP contribution in [0.2, 0.25) is 5.02 Å². The fourth-order valence-corrected chi connectivity index (χ4v) is 1.91. The number of para-hydroxylation sites is 1. The van der Waals surface area contributed by atoms with E-state index in [0.717, 1.165) is 12.1 Å². The average Bonchev–Trinajstić information content (AvgIpc) is 2.45. The molecule has 0 saturated carbocycles. The van der Waals surface area contributed by atoms with Crippen molar-refractivity contribution in [3.05, 3.63) is 64.7 Å². The molecule has 0 fully saturated rings. The summed E-state index contributed by atoms with van der Waals surface area (Å²) in [6.07, 6.45) is -5.43. The van der Waals surface area contributed by atoms with Crippen molar-refractivity contribution >= 4 is 11.6 Å². The number of hydrogen-bond acceptors (Lipinski definition) is 2. The first-order chi connectivity index (χ1) is 9.88. The van der Waals surface area contributed by atoms with Crippen molar-refractivity contribution in [2.75, 3.05) is 6.61 Å². The van der Waals surface area contributed by atoms with E-state index in [0.29, 0.717) is 16.3 Å². The molecule has 1 unspecified atom stereocenters. The van der Waals surface area contributed by atoms with Gasteiger partial charge in [-0.1, -0.05) is 35.9 Å². The number of ether oxygens (including phenoxy) is 1. The largest absolute Gasteiger partial charge is 0.489 e. The Labute approximate surface area is 124 Å². The summed E-state index contributed by atoms with van der Waals surface area (Å²) in [6.45, 7) is -0.102. The lowest BCUT2D eigenvalue weighted by atomic mass is 10.1. The quantitative estimate of drug-likeness (QED) is 0.901. The number of rotatable bonds is 4. The van der Waals surface area contributed by atoms with E-state index >= 15 is 0 Å². The summed E-state index contributed by atoms with van der Waals surface area (Å²) in [7, 11) is 0. The monoisotopic (exact) mass is 316 g/mol. The van der Waals surface area contributed by atoms with E-state index in [-0.39, 0.29) is 6.61 Å². The Morgan fingerprint density at radius 3 is 2.24 bits per heavy atom. The number of benzene rings is 2. The second kappa shape index (κ2) is 6.37. The van der Waals surface area contributed by atoms with E-state index in [1.165, 1.54) is 12.1 Å². The first kappa shape index (κ1) is 15.7. The van der Waals surface area contributed by atoms with Crippen molar-refractivity contribution < 1.29 is 23.0 Å². The standard InChI is InChI=1S/C15H12ClF3O2/c16-12-3-1-2-4-14(12)21-9-13(20)10-5-7-11(8-6-10)15(17,18)19/h1-8,13,20H,9H2. The van der Waals surface area contributed by atoms with E-state index in [1.54, 1.807) is 24.3 Å². The van der Waals surface area contributed by atoms with E-state index in [4.69, 9.17) is 16.3 Å². The number of halogens is 4. The molecule has 0 bridgehead atoms. The first-order valence-electron chi connectivity index (χ1n) is 6.10. The van der Waals surface area contributed by atoms with Crippen LogP contribution in [0.4, 0.5) is 13.2 Å². The molecule has 0 spiro atoms.